The molecule has 5 rings (SSSR count). The number of esters is 1. The zero-order chi connectivity index (χ0) is 17.9. The van der Waals surface area contributed by atoms with Crippen LogP contribution in [-0.2, 0) is 16.8 Å². The molecule has 3 atom stereocenters. The quantitative estimate of drug-likeness (QED) is 0.502. The third kappa shape index (κ3) is 2.33. The Morgan fingerprint density at radius 1 is 1.38 bits per heavy atom. The number of benzene rings is 1. The van der Waals surface area contributed by atoms with Gasteiger partial charge in [-0.2, -0.15) is 0 Å². The molecule has 138 valence electrons. The van der Waals surface area contributed by atoms with Gasteiger partial charge in [-0.1, -0.05) is 24.6 Å². The maximum absolute atomic E-state index is 12.4. The van der Waals surface area contributed by atoms with E-state index in [4.69, 9.17) is 9.47 Å². The minimum Gasteiger partial charge on any atom is -0.485 e. The Morgan fingerprint density at radius 3 is 3.00 bits per heavy atom. The fraction of sp³-hybridized carbons (Fsp3) is 0.571. The molecule has 1 spiro atoms. The standard InChI is InChI=1S/C21H25NO4/c1-22-10-9-21-8-7-15(23)11-17(21)26-19-16(6-5-14(12-22)18(19)21)25-20(24)13-3-2-4-13/h5-8,13,15,17,23H,2-4,9-12H2,1H3/t15-,17?,21-/m0/s1. The topological polar surface area (TPSA) is 59.0 Å². The van der Waals surface area contributed by atoms with Crippen molar-refractivity contribution in [3.05, 3.63) is 35.4 Å². The predicted octanol–water partition coefficient (Wildman–Crippen LogP) is 2.55. The van der Waals surface area contributed by atoms with Gasteiger partial charge in [0.25, 0.3) is 0 Å². The lowest BCUT2D eigenvalue weighted by Gasteiger charge is -2.35. The van der Waals surface area contributed by atoms with Crippen LogP contribution in [0.1, 0.15) is 43.2 Å². The lowest BCUT2D eigenvalue weighted by atomic mass is 9.69. The summed E-state index contributed by atoms with van der Waals surface area (Å²) in [6.45, 7) is 1.82. The van der Waals surface area contributed by atoms with Crippen LogP contribution < -0.4 is 9.47 Å². The maximum atomic E-state index is 12.4. The summed E-state index contributed by atoms with van der Waals surface area (Å²) in [5, 5.41) is 10.1. The molecular weight excluding hydrogens is 330 g/mol. The molecule has 5 nitrogen and oxygen atoms in total. The van der Waals surface area contributed by atoms with Gasteiger partial charge in [-0.3, -0.25) is 4.79 Å². The minimum absolute atomic E-state index is 0.0338. The van der Waals surface area contributed by atoms with E-state index < -0.39 is 6.10 Å². The average molecular weight is 355 g/mol. The van der Waals surface area contributed by atoms with Crippen LogP contribution in [0.2, 0.25) is 0 Å². The molecule has 26 heavy (non-hydrogen) atoms. The number of nitrogens with zero attached hydrogens (tertiary/aromatic N) is 1. The third-order valence-electron chi connectivity index (χ3n) is 6.58. The highest BCUT2D eigenvalue weighted by Gasteiger charge is 2.52. The number of ether oxygens (including phenoxy) is 2. The molecule has 0 bridgehead atoms. The molecule has 1 unspecified atom stereocenters. The lowest BCUT2D eigenvalue weighted by Crippen LogP contribution is -2.42. The van der Waals surface area contributed by atoms with Gasteiger partial charge in [0.15, 0.2) is 11.5 Å². The van der Waals surface area contributed by atoms with E-state index in [-0.39, 0.29) is 23.4 Å². The molecule has 5 heteroatoms. The van der Waals surface area contributed by atoms with E-state index in [0.717, 1.165) is 44.3 Å². The van der Waals surface area contributed by atoms with Crippen LogP contribution >= 0.6 is 0 Å². The highest BCUT2D eigenvalue weighted by Crippen LogP contribution is 2.55. The molecule has 4 aliphatic rings. The normalized spacial score (nSPS) is 32.8. The maximum Gasteiger partial charge on any atom is 0.314 e. The van der Waals surface area contributed by atoms with Crippen molar-refractivity contribution in [2.24, 2.45) is 5.92 Å². The molecule has 2 aliphatic heterocycles. The van der Waals surface area contributed by atoms with Crippen LogP contribution in [0.25, 0.3) is 0 Å². The first-order valence-electron chi connectivity index (χ1n) is 9.67. The second-order valence-corrected chi connectivity index (χ2v) is 8.27. The second kappa shape index (κ2) is 5.83. The van der Waals surface area contributed by atoms with Gasteiger partial charge in [-0.15, -0.1) is 0 Å². The Balaban J connectivity index is 1.59. The SMILES string of the molecule is CN1CC[C@@]23C=C[C@H](O)CC2Oc2c(OC(=O)C4CCC4)ccc(c23)C1. The zero-order valence-electron chi connectivity index (χ0n) is 15.1. The minimum atomic E-state index is -0.481. The van der Waals surface area contributed by atoms with Gasteiger partial charge in [0.1, 0.15) is 6.10 Å². The molecule has 0 amide bonds. The molecule has 0 aromatic heterocycles. The first-order valence-corrected chi connectivity index (χ1v) is 9.67. The molecule has 1 N–H and O–H groups in total. The van der Waals surface area contributed by atoms with E-state index in [1.54, 1.807) is 0 Å². The molecule has 1 aromatic rings. The fourth-order valence-corrected chi connectivity index (χ4v) is 4.83. The number of carbonyl (C=O) groups is 1. The number of aliphatic hydroxyl groups is 1. The van der Waals surface area contributed by atoms with Crippen LogP contribution in [0, 0.1) is 5.92 Å². The average Bonchev–Trinajstić information content (AvgIpc) is 2.81. The number of carbonyl (C=O) groups excluding carboxylic acids is 1. The molecule has 2 heterocycles. The molecule has 1 saturated carbocycles. The summed E-state index contributed by atoms with van der Waals surface area (Å²) in [7, 11) is 2.13. The number of aliphatic hydroxyl groups excluding tert-OH is 1. The summed E-state index contributed by atoms with van der Waals surface area (Å²) >= 11 is 0. The first kappa shape index (κ1) is 16.3. The lowest BCUT2D eigenvalue weighted by molar-refractivity contribution is -0.141. The Morgan fingerprint density at radius 2 is 2.23 bits per heavy atom. The third-order valence-corrected chi connectivity index (χ3v) is 6.58. The van der Waals surface area contributed by atoms with E-state index in [2.05, 4.69) is 24.1 Å². The zero-order valence-corrected chi connectivity index (χ0v) is 15.1. The van der Waals surface area contributed by atoms with Gasteiger partial charge >= 0.3 is 5.97 Å². The smallest absolute Gasteiger partial charge is 0.314 e. The second-order valence-electron chi connectivity index (χ2n) is 8.27. The van der Waals surface area contributed by atoms with Crippen LogP contribution in [0.3, 0.4) is 0 Å². The van der Waals surface area contributed by atoms with E-state index in [1.807, 2.05) is 12.1 Å². The first-order chi connectivity index (χ1) is 12.6. The van der Waals surface area contributed by atoms with E-state index >= 15 is 0 Å². The fourth-order valence-electron chi connectivity index (χ4n) is 4.83. The monoisotopic (exact) mass is 355 g/mol. The summed E-state index contributed by atoms with van der Waals surface area (Å²) < 4.78 is 12.1. The van der Waals surface area contributed by atoms with Crippen molar-refractivity contribution in [3.8, 4) is 11.5 Å². The Labute approximate surface area is 153 Å². The molecule has 1 aromatic carbocycles. The van der Waals surface area contributed by atoms with Gasteiger partial charge in [0, 0.05) is 18.5 Å². The highest BCUT2D eigenvalue weighted by atomic mass is 16.6. The van der Waals surface area contributed by atoms with Crippen molar-refractivity contribution >= 4 is 5.97 Å². The number of hydrogen-bond donors (Lipinski definition) is 1. The van der Waals surface area contributed by atoms with Crippen LogP contribution in [-0.4, -0.2) is 41.8 Å². The summed E-state index contributed by atoms with van der Waals surface area (Å²) in [6, 6.07) is 3.96. The van der Waals surface area contributed by atoms with Crippen LogP contribution in [0.15, 0.2) is 24.3 Å². The largest absolute Gasteiger partial charge is 0.485 e. The molecular formula is C21H25NO4. The summed E-state index contributed by atoms with van der Waals surface area (Å²) in [6.07, 6.45) is 7.92. The highest BCUT2D eigenvalue weighted by molar-refractivity contribution is 5.77. The van der Waals surface area contributed by atoms with Crippen molar-refractivity contribution in [3.63, 3.8) is 0 Å². The van der Waals surface area contributed by atoms with E-state index in [0.29, 0.717) is 17.9 Å². The van der Waals surface area contributed by atoms with Gasteiger partial charge in [0.2, 0.25) is 0 Å². The Kier molecular flexibility index (Phi) is 3.66. The number of rotatable bonds is 2. The van der Waals surface area contributed by atoms with Gasteiger partial charge in [-0.25, -0.2) is 0 Å². The van der Waals surface area contributed by atoms with Crippen molar-refractivity contribution in [2.45, 2.75) is 56.3 Å². The van der Waals surface area contributed by atoms with Crippen molar-refractivity contribution in [1.82, 2.24) is 4.90 Å². The van der Waals surface area contributed by atoms with Crippen LogP contribution in [0.4, 0.5) is 0 Å². The van der Waals surface area contributed by atoms with Crippen molar-refractivity contribution < 1.29 is 19.4 Å². The van der Waals surface area contributed by atoms with Crippen molar-refractivity contribution in [2.75, 3.05) is 13.6 Å². The van der Waals surface area contributed by atoms with E-state index in [1.165, 1.54) is 5.56 Å². The van der Waals surface area contributed by atoms with E-state index in [9.17, 15) is 9.90 Å². The predicted molar refractivity (Wildman–Crippen MR) is 96.2 cm³/mol. The van der Waals surface area contributed by atoms with Gasteiger partial charge in [-0.05, 0) is 44.5 Å². The molecule has 2 aliphatic carbocycles. The summed E-state index contributed by atoms with van der Waals surface area (Å²) in [5.41, 5.74) is 2.16. The summed E-state index contributed by atoms with van der Waals surface area (Å²) in [4.78, 5) is 14.7. The Hall–Kier alpha value is -1.85. The molecule has 0 saturated heterocycles. The van der Waals surface area contributed by atoms with Gasteiger partial charge in [0.05, 0.1) is 17.4 Å². The molecule has 0 radical (unpaired) electrons. The molecule has 1 fully saturated rings. The van der Waals surface area contributed by atoms with Crippen LogP contribution in [0.5, 0.6) is 11.5 Å². The van der Waals surface area contributed by atoms with Crippen molar-refractivity contribution in [1.29, 1.82) is 0 Å². The van der Waals surface area contributed by atoms with Gasteiger partial charge < -0.3 is 19.5 Å². The summed E-state index contributed by atoms with van der Waals surface area (Å²) in [5.74, 6) is 1.16. The number of hydrogen-bond acceptors (Lipinski definition) is 5. The Bertz CT molecular complexity index is 784.